The van der Waals surface area contributed by atoms with Crippen LogP contribution in [0.25, 0.3) is 5.65 Å². The lowest BCUT2D eigenvalue weighted by Crippen LogP contribution is -2.58. The Kier molecular flexibility index (Phi) is 7.22. The van der Waals surface area contributed by atoms with Crippen LogP contribution in [-0.4, -0.2) is 80.7 Å². The van der Waals surface area contributed by atoms with Gasteiger partial charge in [-0.25, -0.2) is 27.7 Å². The molecule has 0 unspecified atom stereocenters. The summed E-state index contributed by atoms with van der Waals surface area (Å²) in [6.07, 6.45) is -2.58. The summed E-state index contributed by atoms with van der Waals surface area (Å²) >= 11 is 0. The predicted molar refractivity (Wildman–Crippen MR) is 122 cm³/mol. The number of nitrogens with zero attached hydrogens (tertiary/aromatic N) is 6. The molecule has 12 nitrogen and oxygen atoms in total. The molecule has 0 aliphatic carbocycles. The van der Waals surface area contributed by atoms with Gasteiger partial charge in [-0.3, -0.25) is 4.79 Å². The van der Waals surface area contributed by atoms with Crippen LogP contribution >= 0.6 is 0 Å². The Morgan fingerprint density at radius 3 is 2.67 bits per heavy atom. The molecular formula is C22H25F5N8O4. The molecule has 4 rings (SSSR count). The molecule has 2 atom stereocenters. The normalized spacial score (nSPS) is 17.7. The van der Waals surface area contributed by atoms with E-state index >= 15 is 0 Å². The summed E-state index contributed by atoms with van der Waals surface area (Å²) in [5.74, 6) is -5.47. The zero-order valence-electron chi connectivity index (χ0n) is 21.0. The number of carbonyl (C=O) groups is 2. The summed E-state index contributed by atoms with van der Waals surface area (Å²) in [5.41, 5.74) is 2.85. The van der Waals surface area contributed by atoms with Crippen molar-refractivity contribution in [1.29, 1.82) is 0 Å². The van der Waals surface area contributed by atoms with Gasteiger partial charge in [0.25, 0.3) is 11.8 Å². The number of urea groups is 1. The number of hydrogen-bond donors (Lipinski definition) is 2. The molecule has 3 amide bonds. The summed E-state index contributed by atoms with van der Waals surface area (Å²) in [4.78, 5) is 29.6. The molecule has 17 heteroatoms. The van der Waals surface area contributed by atoms with Gasteiger partial charge in [0.05, 0.1) is 55.2 Å². The van der Waals surface area contributed by atoms with Crippen molar-refractivity contribution in [1.82, 2.24) is 35.1 Å². The maximum Gasteiger partial charge on any atom is 0.394 e. The van der Waals surface area contributed by atoms with Gasteiger partial charge in [-0.15, -0.1) is 0 Å². The van der Waals surface area contributed by atoms with Crippen LogP contribution in [0.3, 0.4) is 0 Å². The number of nitrogens with two attached hydrogens (primary N) is 1. The number of carbonyl (C=O) groups excluding carboxylic acids is 2. The molecule has 1 aliphatic heterocycles. The van der Waals surface area contributed by atoms with E-state index in [9.17, 15) is 31.5 Å². The summed E-state index contributed by atoms with van der Waals surface area (Å²) in [7, 11) is 1.34. The first-order valence-corrected chi connectivity index (χ1v) is 11.6. The Balaban J connectivity index is 1.77. The second kappa shape index (κ2) is 10.0. The van der Waals surface area contributed by atoms with E-state index in [0.29, 0.717) is 5.56 Å². The Bertz CT molecular complexity index is 1370. The lowest BCUT2D eigenvalue weighted by molar-refractivity contribution is -0.214. The second-order valence-electron chi connectivity index (χ2n) is 9.87. The predicted octanol–water partition coefficient (Wildman–Crippen LogP) is 2.67. The molecule has 3 aromatic heterocycles. The van der Waals surface area contributed by atoms with Gasteiger partial charge in [0.15, 0.2) is 11.3 Å². The third kappa shape index (κ3) is 5.62. The quantitative estimate of drug-likeness (QED) is 0.379. The van der Waals surface area contributed by atoms with Gasteiger partial charge in [-0.1, -0.05) is 19.0 Å². The van der Waals surface area contributed by atoms with Crippen LogP contribution in [0.1, 0.15) is 59.7 Å². The molecule has 0 aromatic carbocycles. The Labute approximate surface area is 217 Å². The van der Waals surface area contributed by atoms with Crippen molar-refractivity contribution in [2.75, 3.05) is 26.8 Å². The van der Waals surface area contributed by atoms with Crippen molar-refractivity contribution in [3.05, 3.63) is 41.1 Å². The zero-order valence-corrected chi connectivity index (χ0v) is 21.0. The van der Waals surface area contributed by atoms with Crippen molar-refractivity contribution in [2.24, 2.45) is 11.1 Å². The van der Waals surface area contributed by atoms with Crippen molar-refractivity contribution < 1.29 is 40.9 Å². The van der Waals surface area contributed by atoms with Crippen LogP contribution in [0, 0.1) is 5.41 Å². The van der Waals surface area contributed by atoms with Crippen molar-refractivity contribution in [2.45, 2.75) is 44.3 Å². The van der Waals surface area contributed by atoms with Crippen molar-refractivity contribution in [3.8, 4) is 0 Å². The average Bonchev–Trinajstić information content (AvgIpc) is 3.49. The molecule has 1 saturated heterocycles. The number of aromatic nitrogens is 5. The van der Waals surface area contributed by atoms with Gasteiger partial charge < -0.3 is 20.7 Å². The monoisotopic (exact) mass is 560 g/mol. The molecule has 212 valence electrons. The van der Waals surface area contributed by atoms with Crippen molar-refractivity contribution in [3.63, 3.8) is 0 Å². The maximum atomic E-state index is 14.1. The molecule has 0 radical (unpaired) electrons. The highest BCUT2D eigenvalue weighted by molar-refractivity contribution is 5.91. The number of halogens is 5. The van der Waals surface area contributed by atoms with Crippen LogP contribution in [0.5, 0.6) is 0 Å². The fraction of sp³-hybridized carbons (Fsp3) is 0.545. The molecular weight excluding hydrogens is 535 g/mol. The van der Waals surface area contributed by atoms with Crippen LogP contribution in [-0.2, 0) is 4.74 Å². The smallest absolute Gasteiger partial charge is 0.382 e. The molecule has 3 N–H and O–H groups in total. The van der Waals surface area contributed by atoms with Gasteiger partial charge in [0.2, 0.25) is 0 Å². The number of alkyl halides is 5. The standard InChI is InChI=1S/C22H25F5N8O4/c1-20(2,22(25,26)27)5-12(16-17(18(28)36)33-39-32-16)13-7-35-15(31-13)4-11(6-30-35)14(8-38-3)34-10-21(23,24)9-29-19(34)37/h4,6-7,12,14H,5,8-10H2,1-3H3,(H2,28,36)(H,29,37)/t12-,14+/m0/s1. The van der Waals surface area contributed by atoms with Crippen LogP contribution in [0.2, 0.25) is 0 Å². The summed E-state index contributed by atoms with van der Waals surface area (Å²) < 4.78 is 80.6. The molecule has 3 aromatic rings. The van der Waals surface area contributed by atoms with Gasteiger partial charge in [0, 0.05) is 12.7 Å². The van der Waals surface area contributed by atoms with Crippen LogP contribution in [0.4, 0.5) is 26.7 Å². The SMILES string of the molecule is COC[C@H](c1cnn2cc([C@H](CC(C)(C)C(F)(F)F)c3nonc3C(N)=O)nc2c1)N1CC(F)(F)CNC1=O. The number of methoxy groups -OCH3 is 1. The molecule has 39 heavy (non-hydrogen) atoms. The number of imidazole rings is 1. The molecule has 4 heterocycles. The summed E-state index contributed by atoms with van der Waals surface area (Å²) in [5, 5.41) is 13.4. The molecule has 1 aliphatic rings. The third-order valence-corrected chi connectivity index (χ3v) is 6.52. The minimum atomic E-state index is -4.62. The Morgan fingerprint density at radius 2 is 2.03 bits per heavy atom. The number of ether oxygens (including phenoxy) is 1. The second-order valence-corrected chi connectivity index (χ2v) is 9.87. The lowest BCUT2D eigenvalue weighted by Gasteiger charge is -2.38. The van der Waals surface area contributed by atoms with Crippen LogP contribution < -0.4 is 11.1 Å². The average molecular weight is 560 g/mol. The zero-order chi connectivity index (χ0) is 28.8. The minimum absolute atomic E-state index is 0.0423. The lowest BCUT2D eigenvalue weighted by atomic mass is 9.79. The minimum Gasteiger partial charge on any atom is -0.382 e. The highest BCUT2D eigenvalue weighted by Gasteiger charge is 2.50. The first kappa shape index (κ1) is 28.1. The Hall–Kier alpha value is -3.89. The van der Waals surface area contributed by atoms with E-state index in [1.54, 1.807) is 0 Å². The fourth-order valence-corrected chi connectivity index (χ4v) is 4.28. The molecule has 1 fully saturated rings. The third-order valence-electron chi connectivity index (χ3n) is 6.52. The number of rotatable bonds is 9. The van der Waals surface area contributed by atoms with E-state index in [-0.39, 0.29) is 23.6 Å². The van der Waals surface area contributed by atoms with Gasteiger partial charge in [-0.05, 0) is 17.6 Å². The van der Waals surface area contributed by atoms with E-state index in [0.717, 1.165) is 18.7 Å². The Morgan fingerprint density at radius 1 is 1.31 bits per heavy atom. The number of primary amides is 1. The first-order valence-electron chi connectivity index (χ1n) is 11.6. The van der Waals surface area contributed by atoms with E-state index in [4.69, 9.17) is 10.5 Å². The molecule has 0 saturated carbocycles. The summed E-state index contributed by atoms with van der Waals surface area (Å²) in [6, 6.07) is -0.249. The number of amides is 3. The van der Waals surface area contributed by atoms with Gasteiger partial charge >= 0.3 is 12.2 Å². The fourth-order valence-electron chi connectivity index (χ4n) is 4.28. The van der Waals surface area contributed by atoms with E-state index in [1.807, 2.05) is 0 Å². The van der Waals surface area contributed by atoms with E-state index in [1.165, 1.54) is 30.1 Å². The highest BCUT2D eigenvalue weighted by atomic mass is 19.4. The molecule has 0 bridgehead atoms. The molecule has 0 spiro atoms. The van der Waals surface area contributed by atoms with E-state index in [2.05, 4.69) is 30.3 Å². The largest absolute Gasteiger partial charge is 0.394 e. The first-order chi connectivity index (χ1) is 18.1. The van der Waals surface area contributed by atoms with Gasteiger partial charge in [-0.2, -0.15) is 18.3 Å². The van der Waals surface area contributed by atoms with Gasteiger partial charge in [0.1, 0.15) is 5.69 Å². The van der Waals surface area contributed by atoms with Crippen LogP contribution in [0.15, 0.2) is 23.1 Å². The topological polar surface area (TPSA) is 154 Å². The maximum absolute atomic E-state index is 14.1. The highest BCUT2D eigenvalue weighted by Crippen LogP contribution is 2.46. The number of hydrogen-bond acceptors (Lipinski definition) is 8. The summed E-state index contributed by atoms with van der Waals surface area (Å²) in [6.45, 7) is 0.158. The van der Waals surface area contributed by atoms with E-state index < -0.39 is 66.6 Å². The number of fused-ring (bicyclic) bond motifs is 1. The number of nitrogens with one attached hydrogen (secondary N) is 1. The van der Waals surface area contributed by atoms with Crippen molar-refractivity contribution >= 4 is 17.6 Å².